The molecule has 0 saturated carbocycles. The molecule has 1 unspecified atom stereocenters. The van der Waals surface area contributed by atoms with Gasteiger partial charge >= 0.3 is 0 Å². The lowest BCUT2D eigenvalue weighted by molar-refractivity contribution is 0.501. The van der Waals surface area contributed by atoms with Crippen LogP contribution in [0.5, 0.6) is 0 Å². The van der Waals surface area contributed by atoms with Crippen LogP contribution < -0.4 is 5.32 Å². The van der Waals surface area contributed by atoms with Crippen LogP contribution in [0, 0.1) is 18.6 Å². The molecule has 1 aromatic carbocycles. The summed E-state index contributed by atoms with van der Waals surface area (Å²) in [6.45, 7) is 4.41. The van der Waals surface area contributed by atoms with Crippen molar-refractivity contribution in [3.8, 4) is 0 Å². The number of aromatic nitrogens is 2. The number of rotatable bonds is 5. The van der Waals surface area contributed by atoms with Gasteiger partial charge in [0, 0.05) is 24.2 Å². The number of halogens is 3. The molecule has 0 aliphatic heterocycles. The molecule has 1 heterocycles. The zero-order valence-corrected chi connectivity index (χ0v) is 13.0. The average Bonchev–Trinajstić information content (AvgIpc) is 2.67. The highest BCUT2D eigenvalue weighted by Gasteiger charge is 2.21. The van der Waals surface area contributed by atoms with E-state index in [-0.39, 0.29) is 6.04 Å². The molecule has 0 fully saturated rings. The standard InChI is InChI=1S/C15H18ClF2N3/c1-4-19-14(12-7-10(17)5-6-13(12)18)8-11-9(2)20-21(3)15(11)16/h5-7,14,19H,4,8H2,1-3H3. The molecule has 0 aliphatic rings. The van der Waals surface area contributed by atoms with E-state index in [0.29, 0.717) is 23.7 Å². The van der Waals surface area contributed by atoms with E-state index in [1.165, 1.54) is 6.07 Å². The monoisotopic (exact) mass is 313 g/mol. The van der Waals surface area contributed by atoms with Gasteiger partial charge in [0.05, 0.1) is 5.69 Å². The number of benzene rings is 1. The molecule has 114 valence electrons. The lowest BCUT2D eigenvalue weighted by Crippen LogP contribution is -2.24. The highest BCUT2D eigenvalue weighted by Crippen LogP contribution is 2.27. The Morgan fingerprint density at radius 3 is 2.67 bits per heavy atom. The van der Waals surface area contributed by atoms with Crippen molar-refractivity contribution in [3.05, 3.63) is 51.8 Å². The molecule has 6 heteroatoms. The minimum Gasteiger partial charge on any atom is -0.310 e. The number of hydrogen-bond acceptors (Lipinski definition) is 2. The van der Waals surface area contributed by atoms with Crippen molar-refractivity contribution in [2.45, 2.75) is 26.3 Å². The third-order valence-corrected chi connectivity index (χ3v) is 3.93. The zero-order valence-electron chi connectivity index (χ0n) is 12.3. The second-order valence-electron chi connectivity index (χ2n) is 4.96. The van der Waals surface area contributed by atoms with E-state index in [1.54, 1.807) is 11.7 Å². The molecule has 0 radical (unpaired) electrons. The highest BCUT2D eigenvalue weighted by molar-refractivity contribution is 6.30. The molecule has 3 nitrogen and oxygen atoms in total. The Morgan fingerprint density at radius 1 is 1.38 bits per heavy atom. The van der Waals surface area contributed by atoms with Crippen molar-refractivity contribution in [2.24, 2.45) is 7.05 Å². The fourth-order valence-corrected chi connectivity index (χ4v) is 2.68. The number of aryl methyl sites for hydroxylation is 2. The van der Waals surface area contributed by atoms with Gasteiger partial charge in [-0.2, -0.15) is 5.10 Å². The van der Waals surface area contributed by atoms with Crippen molar-refractivity contribution in [1.82, 2.24) is 15.1 Å². The first-order valence-electron chi connectivity index (χ1n) is 6.80. The summed E-state index contributed by atoms with van der Waals surface area (Å²) in [5.41, 5.74) is 1.94. The number of nitrogens with one attached hydrogen (secondary N) is 1. The number of nitrogens with zero attached hydrogens (tertiary/aromatic N) is 2. The van der Waals surface area contributed by atoms with Gasteiger partial charge in [0.1, 0.15) is 16.8 Å². The summed E-state index contributed by atoms with van der Waals surface area (Å²) >= 11 is 6.22. The lowest BCUT2D eigenvalue weighted by Gasteiger charge is -2.19. The topological polar surface area (TPSA) is 29.9 Å². The second-order valence-corrected chi connectivity index (χ2v) is 5.32. The first kappa shape index (κ1) is 15.9. The molecule has 2 aromatic rings. The maximum Gasteiger partial charge on any atom is 0.130 e. The highest BCUT2D eigenvalue weighted by atomic mass is 35.5. The molecule has 0 spiro atoms. The van der Waals surface area contributed by atoms with Crippen LogP contribution in [0.15, 0.2) is 18.2 Å². The van der Waals surface area contributed by atoms with Crippen LogP contribution in [-0.4, -0.2) is 16.3 Å². The van der Waals surface area contributed by atoms with Gasteiger partial charge in [-0.1, -0.05) is 18.5 Å². The van der Waals surface area contributed by atoms with Crippen LogP contribution >= 0.6 is 11.6 Å². The molecule has 1 atom stereocenters. The van der Waals surface area contributed by atoms with Crippen molar-refractivity contribution in [1.29, 1.82) is 0 Å². The molecule has 1 N–H and O–H groups in total. The van der Waals surface area contributed by atoms with E-state index in [0.717, 1.165) is 23.4 Å². The van der Waals surface area contributed by atoms with E-state index >= 15 is 0 Å². The summed E-state index contributed by atoms with van der Waals surface area (Å²) in [6.07, 6.45) is 0.451. The Hall–Kier alpha value is -1.46. The smallest absolute Gasteiger partial charge is 0.130 e. The van der Waals surface area contributed by atoms with Crippen molar-refractivity contribution in [3.63, 3.8) is 0 Å². The number of likely N-dealkylation sites (N-methyl/N-ethyl adjacent to an activating group) is 1. The van der Waals surface area contributed by atoms with E-state index in [4.69, 9.17) is 11.6 Å². The first-order chi connectivity index (χ1) is 9.93. The molecule has 0 amide bonds. The van der Waals surface area contributed by atoms with Gasteiger partial charge in [0.15, 0.2) is 0 Å². The summed E-state index contributed by atoms with van der Waals surface area (Å²) in [4.78, 5) is 0. The Bertz CT molecular complexity index is 640. The van der Waals surface area contributed by atoms with E-state index in [1.807, 2.05) is 13.8 Å². The predicted molar refractivity (Wildman–Crippen MR) is 79.4 cm³/mol. The Morgan fingerprint density at radius 2 is 2.10 bits per heavy atom. The SMILES string of the molecule is CCNC(Cc1c(C)nn(C)c1Cl)c1cc(F)ccc1F. The summed E-state index contributed by atoms with van der Waals surface area (Å²) in [7, 11) is 1.75. The maximum absolute atomic E-state index is 14.0. The molecular weight excluding hydrogens is 296 g/mol. The fourth-order valence-electron chi connectivity index (χ4n) is 2.43. The van der Waals surface area contributed by atoms with Gasteiger partial charge in [-0.15, -0.1) is 0 Å². The van der Waals surface area contributed by atoms with E-state index < -0.39 is 11.6 Å². The van der Waals surface area contributed by atoms with Crippen LogP contribution in [-0.2, 0) is 13.5 Å². The van der Waals surface area contributed by atoms with Crippen LogP contribution in [0.2, 0.25) is 5.15 Å². The largest absolute Gasteiger partial charge is 0.310 e. The normalized spacial score (nSPS) is 12.7. The molecule has 1 aromatic heterocycles. The fraction of sp³-hybridized carbons (Fsp3) is 0.400. The van der Waals surface area contributed by atoms with Gasteiger partial charge in [0.25, 0.3) is 0 Å². The van der Waals surface area contributed by atoms with Crippen molar-refractivity contribution >= 4 is 11.6 Å². The van der Waals surface area contributed by atoms with Crippen LogP contribution in [0.4, 0.5) is 8.78 Å². The molecule has 0 aliphatic carbocycles. The summed E-state index contributed by atoms with van der Waals surface area (Å²) in [5.74, 6) is -0.886. The second kappa shape index (κ2) is 6.54. The zero-order chi connectivity index (χ0) is 15.6. The van der Waals surface area contributed by atoms with Gasteiger partial charge < -0.3 is 5.32 Å². The predicted octanol–water partition coefficient (Wildman–Crippen LogP) is 3.55. The molecular formula is C15H18ClF2N3. The first-order valence-corrected chi connectivity index (χ1v) is 7.18. The van der Waals surface area contributed by atoms with Gasteiger partial charge in [-0.05, 0) is 38.1 Å². The Labute approximate surface area is 127 Å². The van der Waals surface area contributed by atoms with E-state index in [2.05, 4.69) is 10.4 Å². The van der Waals surface area contributed by atoms with Crippen molar-refractivity contribution in [2.75, 3.05) is 6.54 Å². The molecule has 0 saturated heterocycles. The molecule has 21 heavy (non-hydrogen) atoms. The quantitative estimate of drug-likeness (QED) is 0.915. The Balaban J connectivity index is 2.37. The van der Waals surface area contributed by atoms with E-state index in [9.17, 15) is 8.78 Å². The van der Waals surface area contributed by atoms with Crippen LogP contribution in [0.25, 0.3) is 0 Å². The average molecular weight is 314 g/mol. The minimum atomic E-state index is -0.455. The van der Waals surface area contributed by atoms with Gasteiger partial charge in [-0.25, -0.2) is 8.78 Å². The minimum absolute atomic E-state index is 0.302. The van der Waals surface area contributed by atoms with Gasteiger partial charge in [0.2, 0.25) is 0 Å². The maximum atomic E-state index is 14.0. The molecule has 2 rings (SSSR count). The van der Waals surface area contributed by atoms with Crippen LogP contribution in [0.1, 0.15) is 29.8 Å². The Kier molecular flexibility index (Phi) is 4.96. The molecule has 0 bridgehead atoms. The third-order valence-electron chi connectivity index (χ3n) is 3.46. The third kappa shape index (κ3) is 3.41. The summed E-state index contributed by atoms with van der Waals surface area (Å²) in [5, 5.41) is 7.94. The summed E-state index contributed by atoms with van der Waals surface area (Å²) in [6, 6.07) is 3.13. The number of hydrogen-bond donors (Lipinski definition) is 1. The lowest BCUT2D eigenvalue weighted by atomic mass is 9.98. The van der Waals surface area contributed by atoms with Crippen molar-refractivity contribution < 1.29 is 8.78 Å². The van der Waals surface area contributed by atoms with Crippen LogP contribution in [0.3, 0.4) is 0 Å². The summed E-state index contributed by atoms with van der Waals surface area (Å²) < 4.78 is 29.0. The van der Waals surface area contributed by atoms with Gasteiger partial charge in [-0.3, -0.25) is 4.68 Å².